The van der Waals surface area contributed by atoms with Crippen LogP contribution >= 0.6 is 0 Å². The monoisotopic (exact) mass is 305 g/mol. The fourth-order valence-corrected chi connectivity index (χ4v) is 4.09. The summed E-state index contributed by atoms with van der Waals surface area (Å²) >= 11 is 0. The van der Waals surface area contributed by atoms with Crippen molar-refractivity contribution in [1.82, 2.24) is 0 Å². The summed E-state index contributed by atoms with van der Waals surface area (Å²) in [5.74, 6) is -0.806. The van der Waals surface area contributed by atoms with Crippen molar-refractivity contribution in [3.05, 3.63) is 58.9 Å². The molecule has 0 saturated carbocycles. The van der Waals surface area contributed by atoms with Crippen molar-refractivity contribution in [2.75, 3.05) is 5.73 Å². The number of benzene rings is 2. The lowest BCUT2D eigenvalue weighted by Crippen LogP contribution is -2.06. The molecule has 0 atom stereocenters. The molecular formula is C16H16FNO2S. The third-order valence-corrected chi connectivity index (χ3v) is 5.54. The van der Waals surface area contributed by atoms with Crippen LogP contribution in [0.2, 0.25) is 0 Å². The lowest BCUT2D eigenvalue weighted by Gasteiger charge is -2.08. The molecule has 0 heterocycles. The SMILES string of the molecule is Nc1ccc(CS(=O)(=O)c2ccc3c(c2)CCC3)cc1F. The van der Waals surface area contributed by atoms with Crippen molar-refractivity contribution in [2.24, 2.45) is 0 Å². The molecule has 3 rings (SSSR count). The van der Waals surface area contributed by atoms with Gasteiger partial charge in [-0.15, -0.1) is 0 Å². The van der Waals surface area contributed by atoms with E-state index in [0.717, 1.165) is 24.8 Å². The molecule has 3 nitrogen and oxygen atoms in total. The lowest BCUT2D eigenvalue weighted by atomic mass is 10.1. The molecule has 1 aliphatic rings. The predicted molar refractivity (Wildman–Crippen MR) is 80.2 cm³/mol. The van der Waals surface area contributed by atoms with Crippen LogP contribution in [0.1, 0.15) is 23.1 Å². The summed E-state index contributed by atoms with van der Waals surface area (Å²) in [6.45, 7) is 0. The summed E-state index contributed by atoms with van der Waals surface area (Å²) < 4.78 is 38.3. The van der Waals surface area contributed by atoms with Crippen LogP contribution in [-0.2, 0) is 28.4 Å². The highest BCUT2D eigenvalue weighted by Gasteiger charge is 2.19. The minimum absolute atomic E-state index is 0.0219. The van der Waals surface area contributed by atoms with Crippen LogP contribution in [0.25, 0.3) is 0 Å². The summed E-state index contributed by atoms with van der Waals surface area (Å²) in [5.41, 5.74) is 8.17. The Morgan fingerprint density at radius 3 is 2.57 bits per heavy atom. The second-order valence-corrected chi connectivity index (χ2v) is 7.39. The zero-order chi connectivity index (χ0) is 15.0. The van der Waals surface area contributed by atoms with Crippen LogP contribution in [0.15, 0.2) is 41.3 Å². The van der Waals surface area contributed by atoms with Gasteiger partial charge >= 0.3 is 0 Å². The normalized spacial score (nSPS) is 14.1. The molecule has 0 fully saturated rings. The van der Waals surface area contributed by atoms with Gasteiger partial charge in [0.2, 0.25) is 0 Å². The Kier molecular flexibility index (Phi) is 3.45. The summed E-state index contributed by atoms with van der Waals surface area (Å²) in [6, 6.07) is 9.41. The number of aryl methyl sites for hydroxylation is 2. The zero-order valence-corrected chi connectivity index (χ0v) is 12.3. The van der Waals surface area contributed by atoms with Gasteiger partial charge in [0.05, 0.1) is 16.3 Å². The average molecular weight is 305 g/mol. The first-order valence-corrected chi connectivity index (χ1v) is 8.49. The van der Waals surface area contributed by atoms with E-state index in [4.69, 9.17) is 5.73 Å². The number of hydrogen-bond acceptors (Lipinski definition) is 3. The average Bonchev–Trinajstić information content (AvgIpc) is 2.90. The van der Waals surface area contributed by atoms with E-state index in [1.165, 1.54) is 17.7 Å². The quantitative estimate of drug-likeness (QED) is 0.887. The molecule has 0 bridgehead atoms. The van der Waals surface area contributed by atoms with Gasteiger partial charge < -0.3 is 5.73 Å². The van der Waals surface area contributed by atoms with Gasteiger partial charge in [0.25, 0.3) is 0 Å². The molecule has 0 unspecified atom stereocenters. The van der Waals surface area contributed by atoms with Gasteiger partial charge in [-0.05, 0) is 60.2 Å². The van der Waals surface area contributed by atoms with Gasteiger partial charge in [0.15, 0.2) is 9.84 Å². The summed E-state index contributed by atoms with van der Waals surface area (Å²) in [6.07, 6.45) is 3.01. The number of nitrogen functional groups attached to an aromatic ring is 1. The lowest BCUT2D eigenvalue weighted by molar-refractivity contribution is 0.594. The largest absolute Gasteiger partial charge is 0.396 e. The third kappa shape index (κ3) is 2.78. The molecule has 0 aliphatic heterocycles. The second-order valence-electron chi connectivity index (χ2n) is 5.40. The molecule has 2 aromatic rings. The highest BCUT2D eigenvalue weighted by atomic mass is 32.2. The summed E-state index contributed by atoms with van der Waals surface area (Å²) in [7, 11) is -3.47. The molecule has 110 valence electrons. The maximum Gasteiger partial charge on any atom is 0.182 e. The van der Waals surface area contributed by atoms with E-state index in [1.807, 2.05) is 6.07 Å². The maximum atomic E-state index is 13.4. The number of halogens is 1. The number of rotatable bonds is 3. The number of fused-ring (bicyclic) bond motifs is 1. The van der Waals surface area contributed by atoms with Crippen molar-refractivity contribution in [2.45, 2.75) is 29.9 Å². The standard InChI is InChI=1S/C16H16FNO2S/c17-15-8-11(4-7-16(15)18)10-21(19,20)14-6-5-12-2-1-3-13(12)9-14/h4-9H,1-3,10,18H2. The smallest absolute Gasteiger partial charge is 0.182 e. The Balaban J connectivity index is 1.91. The topological polar surface area (TPSA) is 60.2 Å². The molecule has 5 heteroatoms. The van der Waals surface area contributed by atoms with Crippen LogP contribution < -0.4 is 5.73 Å². The second kappa shape index (κ2) is 5.15. The van der Waals surface area contributed by atoms with Gasteiger partial charge in [-0.25, -0.2) is 12.8 Å². The Morgan fingerprint density at radius 1 is 1.05 bits per heavy atom. The van der Waals surface area contributed by atoms with E-state index in [0.29, 0.717) is 10.5 Å². The first kappa shape index (κ1) is 14.1. The Labute approximate surface area is 123 Å². The van der Waals surface area contributed by atoms with Crippen LogP contribution in [0.4, 0.5) is 10.1 Å². The fourth-order valence-electron chi connectivity index (χ4n) is 2.70. The third-order valence-electron chi connectivity index (χ3n) is 3.85. The minimum Gasteiger partial charge on any atom is -0.396 e. The van der Waals surface area contributed by atoms with Crippen molar-refractivity contribution in [1.29, 1.82) is 0 Å². The Hall–Kier alpha value is -1.88. The van der Waals surface area contributed by atoms with Crippen LogP contribution in [0, 0.1) is 5.82 Å². The Bertz CT molecular complexity index is 800. The number of sulfone groups is 1. The van der Waals surface area contributed by atoms with Gasteiger partial charge in [-0.3, -0.25) is 0 Å². The van der Waals surface area contributed by atoms with E-state index in [1.54, 1.807) is 18.2 Å². The Morgan fingerprint density at radius 2 is 1.81 bits per heavy atom. The highest BCUT2D eigenvalue weighted by molar-refractivity contribution is 7.90. The van der Waals surface area contributed by atoms with Crippen molar-refractivity contribution in [3.63, 3.8) is 0 Å². The van der Waals surface area contributed by atoms with E-state index in [2.05, 4.69) is 0 Å². The van der Waals surface area contributed by atoms with E-state index < -0.39 is 15.7 Å². The first-order chi connectivity index (χ1) is 9.95. The van der Waals surface area contributed by atoms with Gasteiger partial charge in [-0.2, -0.15) is 0 Å². The highest BCUT2D eigenvalue weighted by Crippen LogP contribution is 2.26. The predicted octanol–water partition coefficient (Wildman–Crippen LogP) is 2.87. The maximum absolute atomic E-state index is 13.4. The molecule has 0 amide bonds. The van der Waals surface area contributed by atoms with Crippen LogP contribution in [0.3, 0.4) is 0 Å². The number of hydrogen-bond donors (Lipinski definition) is 1. The molecule has 0 aromatic heterocycles. The van der Waals surface area contributed by atoms with Gasteiger partial charge in [0, 0.05) is 0 Å². The van der Waals surface area contributed by atoms with Crippen molar-refractivity contribution >= 4 is 15.5 Å². The van der Waals surface area contributed by atoms with Crippen LogP contribution in [-0.4, -0.2) is 8.42 Å². The van der Waals surface area contributed by atoms with Gasteiger partial charge in [0.1, 0.15) is 5.82 Å². The van der Waals surface area contributed by atoms with E-state index in [9.17, 15) is 12.8 Å². The first-order valence-electron chi connectivity index (χ1n) is 6.84. The molecule has 2 aromatic carbocycles. The van der Waals surface area contributed by atoms with Crippen molar-refractivity contribution in [3.8, 4) is 0 Å². The molecule has 1 aliphatic carbocycles. The molecule has 0 radical (unpaired) electrons. The molecule has 2 N–H and O–H groups in total. The van der Waals surface area contributed by atoms with E-state index in [-0.39, 0.29) is 11.4 Å². The number of anilines is 1. The van der Waals surface area contributed by atoms with Crippen molar-refractivity contribution < 1.29 is 12.8 Å². The van der Waals surface area contributed by atoms with Crippen LogP contribution in [0.5, 0.6) is 0 Å². The minimum atomic E-state index is -3.47. The fraction of sp³-hybridized carbons (Fsp3) is 0.250. The molecule has 0 saturated heterocycles. The van der Waals surface area contributed by atoms with Gasteiger partial charge in [-0.1, -0.05) is 12.1 Å². The summed E-state index contributed by atoms with van der Waals surface area (Å²) in [5, 5.41) is 0. The summed E-state index contributed by atoms with van der Waals surface area (Å²) in [4.78, 5) is 0.306. The zero-order valence-electron chi connectivity index (χ0n) is 11.5. The molecule has 0 spiro atoms. The molecular weight excluding hydrogens is 289 g/mol. The van der Waals surface area contributed by atoms with E-state index >= 15 is 0 Å². The molecule has 21 heavy (non-hydrogen) atoms. The number of nitrogens with two attached hydrogens (primary N) is 1.